The molecule has 0 radical (unpaired) electrons. The number of hydrogen-bond acceptors (Lipinski definition) is 3. The van der Waals surface area contributed by atoms with Crippen LogP contribution in [0, 0.1) is 0 Å². The van der Waals surface area contributed by atoms with Gasteiger partial charge in [-0.2, -0.15) is 0 Å². The highest BCUT2D eigenvalue weighted by Gasteiger charge is 2.22. The first kappa shape index (κ1) is 18.3. The minimum atomic E-state index is -0.0479. The number of imidazole rings is 1. The van der Waals surface area contributed by atoms with Gasteiger partial charge < -0.3 is 4.90 Å². The highest BCUT2D eigenvalue weighted by molar-refractivity contribution is 7.15. The fourth-order valence-corrected chi connectivity index (χ4v) is 4.33. The van der Waals surface area contributed by atoms with Crippen LogP contribution in [0.5, 0.6) is 0 Å². The number of benzene rings is 3. The summed E-state index contributed by atoms with van der Waals surface area (Å²) in [4.78, 5) is 21.0. The first-order chi connectivity index (χ1) is 14.8. The molecule has 5 heteroatoms. The van der Waals surface area contributed by atoms with Gasteiger partial charge in [-0.25, -0.2) is 4.98 Å². The molecule has 30 heavy (non-hydrogen) atoms. The van der Waals surface area contributed by atoms with Gasteiger partial charge in [-0.15, -0.1) is 11.3 Å². The predicted molar refractivity (Wildman–Crippen MR) is 122 cm³/mol. The quantitative estimate of drug-likeness (QED) is 0.362. The molecular formula is C25H19N3OS. The Kier molecular flexibility index (Phi) is 4.87. The van der Waals surface area contributed by atoms with Crippen LogP contribution in [0.2, 0.25) is 0 Å². The maximum Gasteiger partial charge on any atom is 0.276 e. The molecule has 0 saturated heterocycles. The van der Waals surface area contributed by atoms with Gasteiger partial charge in [-0.05, 0) is 17.7 Å². The smallest absolute Gasteiger partial charge is 0.276 e. The third-order valence-electron chi connectivity index (χ3n) is 4.99. The lowest BCUT2D eigenvalue weighted by molar-refractivity contribution is 0.0979. The van der Waals surface area contributed by atoms with Crippen LogP contribution in [0.3, 0.4) is 0 Å². The summed E-state index contributed by atoms with van der Waals surface area (Å²) in [6.45, 7) is 0.501. The fraction of sp³-hybridized carbons (Fsp3) is 0.0400. The molecule has 2 aromatic heterocycles. The van der Waals surface area contributed by atoms with E-state index in [0.717, 1.165) is 27.5 Å². The molecule has 0 fully saturated rings. The summed E-state index contributed by atoms with van der Waals surface area (Å²) in [6, 6.07) is 29.9. The number of para-hydroxylation sites is 1. The third kappa shape index (κ3) is 3.51. The van der Waals surface area contributed by atoms with Crippen LogP contribution in [0.15, 0.2) is 103 Å². The zero-order chi connectivity index (χ0) is 20.3. The summed E-state index contributed by atoms with van der Waals surface area (Å²) in [6.07, 6.45) is 1.94. The Morgan fingerprint density at radius 2 is 1.50 bits per heavy atom. The molecule has 2 heterocycles. The van der Waals surface area contributed by atoms with E-state index >= 15 is 0 Å². The number of carbonyl (C=O) groups is 1. The summed E-state index contributed by atoms with van der Waals surface area (Å²) in [5, 5.41) is 1.89. The number of fused-ring (bicyclic) bond motifs is 1. The lowest BCUT2D eigenvalue weighted by atomic mass is 10.2. The van der Waals surface area contributed by atoms with Gasteiger partial charge in [-0.1, -0.05) is 78.9 Å². The van der Waals surface area contributed by atoms with E-state index in [1.165, 1.54) is 11.3 Å². The SMILES string of the molecule is O=C(c1csc2nc(-c3ccccc3)cn12)N(Cc1ccccc1)c1ccccc1. The average Bonchev–Trinajstić information content (AvgIpc) is 3.40. The number of aromatic nitrogens is 2. The minimum absolute atomic E-state index is 0.0479. The first-order valence-electron chi connectivity index (χ1n) is 9.72. The van der Waals surface area contributed by atoms with Gasteiger partial charge in [0.1, 0.15) is 5.69 Å². The fourth-order valence-electron chi connectivity index (χ4n) is 3.48. The maximum absolute atomic E-state index is 13.7. The Morgan fingerprint density at radius 3 is 2.20 bits per heavy atom. The number of carbonyl (C=O) groups excluding carboxylic acids is 1. The van der Waals surface area contributed by atoms with Crippen molar-refractivity contribution in [2.24, 2.45) is 0 Å². The second kappa shape index (κ2) is 7.97. The Labute approximate surface area is 178 Å². The molecule has 0 spiro atoms. The Hall–Kier alpha value is -3.70. The standard InChI is InChI=1S/C25H19N3OS/c29-24(27(21-14-8-3-9-15-21)16-19-10-4-1-5-11-19)23-18-30-25-26-22(17-28(23)25)20-12-6-2-7-13-20/h1-15,17-18H,16H2. The van der Waals surface area contributed by atoms with Crippen molar-refractivity contribution in [2.45, 2.75) is 6.54 Å². The van der Waals surface area contributed by atoms with E-state index in [-0.39, 0.29) is 5.91 Å². The van der Waals surface area contributed by atoms with Crippen molar-refractivity contribution in [3.8, 4) is 11.3 Å². The summed E-state index contributed by atoms with van der Waals surface area (Å²) >= 11 is 1.48. The van der Waals surface area contributed by atoms with E-state index < -0.39 is 0 Å². The topological polar surface area (TPSA) is 37.6 Å². The summed E-state index contributed by atoms with van der Waals surface area (Å²) in [5.41, 5.74) is 4.47. The van der Waals surface area contributed by atoms with Crippen LogP contribution in [-0.2, 0) is 6.54 Å². The Morgan fingerprint density at radius 1 is 0.867 bits per heavy atom. The minimum Gasteiger partial charge on any atom is -0.303 e. The van der Waals surface area contributed by atoms with Crippen molar-refractivity contribution in [1.29, 1.82) is 0 Å². The van der Waals surface area contributed by atoms with Crippen molar-refractivity contribution < 1.29 is 4.79 Å². The monoisotopic (exact) mass is 409 g/mol. The van der Waals surface area contributed by atoms with Gasteiger partial charge in [0.05, 0.1) is 12.2 Å². The average molecular weight is 410 g/mol. The molecular weight excluding hydrogens is 390 g/mol. The molecule has 0 bridgehead atoms. The van der Waals surface area contributed by atoms with Gasteiger partial charge in [0.2, 0.25) is 0 Å². The molecule has 0 unspecified atom stereocenters. The van der Waals surface area contributed by atoms with Crippen LogP contribution in [0.1, 0.15) is 16.1 Å². The normalized spacial score (nSPS) is 10.9. The Bertz CT molecular complexity index is 1280. The molecule has 0 aliphatic heterocycles. The number of amides is 1. The molecule has 0 saturated carbocycles. The molecule has 3 aromatic carbocycles. The van der Waals surface area contributed by atoms with E-state index in [4.69, 9.17) is 4.98 Å². The highest BCUT2D eigenvalue weighted by Crippen LogP contribution is 2.26. The van der Waals surface area contributed by atoms with Crippen LogP contribution < -0.4 is 4.90 Å². The first-order valence-corrected chi connectivity index (χ1v) is 10.6. The zero-order valence-corrected chi connectivity index (χ0v) is 17.0. The van der Waals surface area contributed by atoms with E-state index in [2.05, 4.69) is 0 Å². The van der Waals surface area contributed by atoms with Crippen molar-refractivity contribution in [3.05, 3.63) is 114 Å². The van der Waals surface area contributed by atoms with Crippen LogP contribution >= 0.6 is 11.3 Å². The molecule has 0 aliphatic carbocycles. The number of hydrogen-bond donors (Lipinski definition) is 0. The largest absolute Gasteiger partial charge is 0.303 e. The molecule has 146 valence electrons. The van der Waals surface area contributed by atoms with Crippen molar-refractivity contribution in [1.82, 2.24) is 9.38 Å². The second-order valence-corrected chi connectivity index (χ2v) is 7.81. The molecule has 0 aliphatic rings. The van der Waals surface area contributed by atoms with Crippen LogP contribution in [0.25, 0.3) is 16.2 Å². The second-order valence-electron chi connectivity index (χ2n) is 6.98. The lowest BCUT2D eigenvalue weighted by Crippen LogP contribution is -2.31. The van der Waals surface area contributed by atoms with Crippen LogP contribution in [-0.4, -0.2) is 15.3 Å². The lowest BCUT2D eigenvalue weighted by Gasteiger charge is -2.22. The van der Waals surface area contributed by atoms with Gasteiger partial charge >= 0.3 is 0 Å². The van der Waals surface area contributed by atoms with E-state index in [0.29, 0.717) is 12.2 Å². The molecule has 1 amide bonds. The number of anilines is 1. The molecule has 4 nitrogen and oxygen atoms in total. The predicted octanol–water partition coefficient (Wildman–Crippen LogP) is 5.91. The number of rotatable bonds is 5. The van der Waals surface area contributed by atoms with Gasteiger partial charge in [-0.3, -0.25) is 9.20 Å². The van der Waals surface area contributed by atoms with Crippen LogP contribution in [0.4, 0.5) is 5.69 Å². The van der Waals surface area contributed by atoms with Crippen molar-refractivity contribution in [3.63, 3.8) is 0 Å². The van der Waals surface area contributed by atoms with E-state index in [1.807, 2.05) is 112 Å². The highest BCUT2D eigenvalue weighted by atomic mass is 32.1. The van der Waals surface area contributed by atoms with Gasteiger partial charge in [0.25, 0.3) is 5.91 Å². The Balaban J connectivity index is 1.54. The van der Waals surface area contributed by atoms with Gasteiger partial charge in [0.15, 0.2) is 4.96 Å². The maximum atomic E-state index is 13.7. The van der Waals surface area contributed by atoms with Crippen molar-refractivity contribution >= 4 is 27.9 Å². The van der Waals surface area contributed by atoms with Gasteiger partial charge in [0, 0.05) is 22.8 Å². The van der Waals surface area contributed by atoms with E-state index in [1.54, 1.807) is 0 Å². The molecule has 5 rings (SSSR count). The number of thiazole rings is 1. The molecule has 0 N–H and O–H groups in total. The molecule has 0 atom stereocenters. The van der Waals surface area contributed by atoms with Crippen molar-refractivity contribution in [2.75, 3.05) is 4.90 Å². The summed E-state index contributed by atoms with van der Waals surface area (Å²) < 4.78 is 1.90. The zero-order valence-electron chi connectivity index (χ0n) is 16.2. The summed E-state index contributed by atoms with van der Waals surface area (Å²) in [7, 11) is 0. The third-order valence-corrected chi connectivity index (χ3v) is 5.83. The molecule has 5 aromatic rings. The summed E-state index contributed by atoms with van der Waals surface area (Å²) in [5.74, 6) is -0.0479. The van der Waals surface area contributed by atoms with E-state index in [9.17, 15) is 4.79 Å². The number of nitrogens with zero attached hydrogens (tertiary/aromatic N) is 3.